The highest BCUT2D eigenvalue weighted by Crippen LogP contribution is 2.15. The molecule has 1 aliphatic rings. The molecule has 0 amide bonds. The van der Waals surface area contributed by atoms with E-state index >= 15 is 0 Å². The molecule has 1 rings (SSSR count). The van der Waals surface area contributed by atoms with Crippen LogP contribution in [0.4, 0.5) is 0 Å². The molecule has 1 N–H and O–H groups in total. The van der Waals surface area contributed by atoms with Crippen molar-refractivity contribution >= 4 is 0 Å². The maximum atomic E-state index is 8.86. The number of rotatable bonds is 1. The highest BCUT2D eigenvalue weighted by atomic mass is 16.3. The zero-order valence-electron chi connectivity index (χ0n) is 6.42. The third-order valence-electron chi connectivity index (χ3n) is 2.09. The summed E-state index contributed by atoms with van der Waals surface area (Å²) in [6.07, 6.45) is 10.7. The molecule has 0 aromatic heterocycles. The SMILES string of the molecule is OCC1/C=C\CCCCC1. The van der Waals surface area contributed by atoms with Gasteiger partial charge in [0.25, 0.3) is 0 Å². The van der Waals surface area contributed by atoms with Crippen LogP contribution in [0.5, 0.6) is 0 Å². The first-order chi connectivity index (χ1) is 4.93. The van der Waals surface area contributed by atoms with Gasteiger partial charge in [-0.3, -0.25) is 0 Å². The van der Waals surface area contributed by atoms with Crippen LogP contribution in [0.25, 0.3) is 0 Å². The minimum Gasteiger partial charge on any atom is -0.396 e. The van der Waals surface area contributed by atoms with Crippen LogP contribution in [0.1, 0.15) is 32.1 Å². The molecule has 0 saturated heterocycles. The van der Waals surface area contributed by atoms with E-state index in [1.807, 2.05) is 0 Å². The zero-order valence-corrected chi connectivity index (χ0v) is 6.42. The number of hydrogen-bond donors (Lipinski definition) is 1. The van der Waals surface area contributed by atoms with Gasteiger partial charge in [-0.25, -0.2) is 0 Å². The predicted octanol–water partition coefficient (Wildman–Crippen LogP) is 2.12. The molecule has 0 aromatic rings. The molecule has 0 saturated carbocycles. The summed E-state index contributed by atoms with van der Waals surface area (Å²) >= 11 is 0. The average Bonchev–Trinajstić information content (AvgIpc) is 1.87. The van der Waals surface area contributed by atoms with Gasteiger partial charge in [-0.1, -0.05) is 25.0 Å². The molecule has 1 nitrogen and oxygen atoms in total. The summed E-state index contributed by atoms with van der Waals surface area (Å²) in [4.78, 5) is 0. The first-order valence-corrected chi connectivity index (χ1v) is 4.21. The van der Waals surface area contributed by atoms with Gasteiger partial charge in [0.05, 0.1) is 0 Å². The first-order valence-electron chi connectivity index (χ1n) is 4.21. The van der Waals surface area contributed by atoms with Crippen LogP contribution in [-0.4, -0.2) is 11.7 Å². The lowest BCUT2D eigenvalue weighted by Gasteiger charge is -2.11. The van der Waals surface area contributed by atoms with Gasteiger partial charge in [0.1, 0.15) is 0 Å². The molecular formula is C9H16O. The van der Waals surface area contributed by atoms with Crippen molar-refractivity contribution in [2.75, 3.05) is 6.61 Å². The molecule has 10 heavy (non-hydrogen) atoms. The van der Waals surface area contributed by atoms with E-state index in [1.165, 1.54) is 32.1 Å². The number of allylic oxidation sites excluding steroid dienone is 1. The van der Waals surface area contributed by atoms with Gasteiger partial charge in [-0.15, -0.1) is 0 Å². The molecule has 0 radical (unpaired) electrons. The van der Waals surface area contributed by atoms with Crippen LogP contribution in [0.15, 0.2) is 12.2 Å². The Morgan fingerprint density at radius 1 is 1.30 bits per heavy atom. The molecule has 0 fully saturated rings. The van der Waals surface area contributed by atoms with E-state index in [0.717, 1.165) is 0 Å². The normalized spacial score (nSPS) is 30.7. The van der Waals surface area contributed by atoms with E-state index in [-0.39, 0.29) is 0 Å². The van der Waals surface area contributed by atoms with Crippen molar-refractivity contribution in [3.63, 3.8) is 0 Å². The van der Waals surface area contributed by atoms with Crippen LogP contribution < -0.4 is 0 Å². The molecule has 1 unspecified atom stereocenters. The van der Waals surface area contributed by atoms with Gasteiger partial charge in [0.2, 0.25) is 0 Å². The van der Waals surface area contributed by atoms with Gasteiger partial charge in [0, 0.05) is 6.61 Å². The lowest BCUT2D eigenvalue weighted by atomic mass is 9.97. The van der Waals surface area contributed by atoms with Gasteiger partial charge < -0.3 is 5.11 Å². The zero-order chi connectivity index (χ0) is 7.23. The van der Waals surface area contributed by atoms with Crippen LogP contribution in [-0.2, 0) is 0 Å². The van der Waals surface area contributed by atoms with Gasteiger partial charge in [0.15, 0.2) is 0 Å². The fourth-order valence-corrected chi connectivity index (χ4v) is 1.38. The van der Waals surface area contributed by atoms with Crippen LogP contribution in [0.3, 0.4) is 0 Å². The van der Waals surface area contributed by atoms with Crippen LogP contribution in [0.2, 0.25) is 0 Å². The molecule has 1 aliphatic carbocycles. The third-order valence-corrected chi connectivity index (χ3v) is 2.09. The van der Waals surface area contributed by atoms with E-state index in [9.17, 15) is 0 Å². The lowest BCUT2D eigenvalue weighted by Crippen LogP contribution is -2.03. The molecular weight excluding hydrogens is 124 g/mol. The van der Waals surface area contributed by atoms with E-state index < -0.39 is 0 Å². The molecule has 0 aromatic carbocycles. The summed E-state index contributed by atoms with van der Waals surface area (Å²) in [5.74, 6) is 0.445. The van der Waals surface area contributed by atoms with Crippen molar-refractivity contribution < 1.29 is 5.11 Å². The van der Waals surface area contributed by atoms with Gasteiger partial charge in [-0.2, -0.15) is 0 Å². The molecule has 0 aliphatic heterocycles. The van der Waals surface area contributed by atoms with Crippen molar-refractivity contribution in [3.8, 4) is 0 Å². The van der Waals surface area contributed by atoms with E-state index in [4.69, 9.17) is 5.11 Å². The lowest BCUT2D eigenvalue weighted by molar-refractivity contribution is 0.242. The number of aliphatic hydroxyl groups excluding tert-OH is 1. The van der Waals surface area contributed by atoms with Crippen LogP contribution in [0, 0.1) is 5.92 Å². The summed E-state index contributed by atoms with van der Waals surface area (Å²) in [5.41, 5.74) is 0. The Bertz CT molecular complexity index is 107. The maximum Gasteiger partial charge on any atom is 0.0493 e. The van der Waals surface area contributed by atoms with Crippen molar-refractivity contribution in [3.05, 3.63) is 12.2 Å². The molecule has 1 atom stereocenters. The second-order valence-corrected chi connectivity index (χ2v) is 3.01. The van der Waals surface area contributed by atoms with Crippen molar-refractivity contribution in [2.24, 2.45) is 5.92 Å². The summed E-state index contributed by atoms with van der Waals surface area (Å²) in [6.45, 7) is 0.330. The smallest absolute Gasteiger partial charge is 0.0493 e. The van der Waals surface area contributed by atoms with E-state index in [2.05, 4.69) is 12.2 Å². The van der Waals surface area contributed by atoms with Crippen molar-refractivity contribution in [1.29, 1.82) is 0 Å². The van der Waals surface area contributed by atoms with Crippen molar-refractivity contribution in [1.82, 2.24) is 0 Å². The Morgan fingerprint density at radius 3 is 3.00 bits per heavy atom. The number of hydrogen-bond acceptors (Lipinski definition) is 1. The maximum absolute atomic E-state index is 8.86. The Morgan fingerprint density at radius 2 is 2.20 bits per heavy atom. The summed E-state index contributed by atoms with van der Waals surface area (Å²) in [6, 6.07) is 0. The highest BCUT2D eigenvalue weighted by Gasteiger charge is 2.03. The molecule has 58 valence electrons. The highest BCUT2D eigenvalue weighted by molar-refractivity contribution is 4.89. The molecule has 0 heterocycles. The molecule has 0 bridgehead atoms. The van der Waals surface area contributed by atoms with Gasteiger partial charge >= 0.3 is 0 Å². The average molecular weight is 140 g/mol. The molecule has 1 heteroatoms. The van der Waals surface area contributed by atoms with Gasteiger partial charge in [-0.05, 0) is 25.2 Å². The third kappa shape index (κ3) is 2.53. The topological polar surface area (TPSA) is 20.2 Å². The standard InChI is InChI=1S/C9H16O/c10-8-9-6-4-2-1-3-5-7-9/h4,6,9-10H,1-3,5,7-8H2/b6-4-. The second kappa shape index (κ2) is 4.51. The van der Waals surface area contributed by atoms with Crippen LogP contribution >= 0.6 is 0 Å². The fourth-order valence-electron chi connectivity index (χ4n) is 1.38. The predicted molar refractivity (Wildman–Crippen MR) is 42.8 cm³/mol. The van der Waals surface area contributed by atoms with Crippen molar-refractivity contribution in [2.45, 2.75) is 32.1 Å². The quantitative estimate of drug-likeness (QED) is 0.553. The summed E-state index contributed by atoms with van der Waals surface area (Å²) in [5, 5.41) is 8.86. The first kappa shape index (κ1) is 7.80. The molecule has 0 spiro atoms. The van der Waals surface area contributed by atoms with E-state index in [0.29, 0.717) is 12.5 Å². The monoisotopic (exact) mass is 140 g/mol. The Hall–Kier alpha value is -0.300. The minimum absolute atomic E-state index is 0.330. The largest absolute Gasteiger partial charge is 0.396 e. The Balaban J connectivity index is 2.33. The Labute approximate surface area is 62.8 Å². The minimum atomic E-state index is 0.330. The summed E-state index contributed by atoms with van der Waals surface area (Å²) in [7, 11) is 0. The fraction of sp³-hybridized carbons (Fsp3) is 0.778. The Kier molecular flexibility index (Phi) is 3.52. The van der Waals surface area contributed by atoms with E-state index in [1.54, 1.807) is 0 Å². The summed E-state index contributed by atoms with van der Waals surface area (Å²) < 4.78 is 0. The number of aliphatic hydroxyl groups is 1. The second-order valence-electron chi connectivity index (χ2n) is 3.01.